The maximum Gasteiger partial charge on any atom is 0.305 e. The van der Waals surface area contributed by atoms with E-state index in [1.807, 2.05) is 24.3 Å². The van der Waals surface area contributed by atoms with Crippen molar-refractivity contribution >= 4 is 23.3 Å². The van der Waals surface area contributed by atoms with Crippen LogP contribution < -0.4 is 5.43 Å². The summed E-state index contributed by atoms with van der Waals surface area (Å²) in [6, 6.07) is 8.46. The van der Waals surface area contributed by atoms with Crippen LogP contribution in [-0.2, 0) is 4.74 Å². The van der Waals surface area contributed by atoms with Crippen molar-refractivity contribution in [1.82, 2.24) is 10.4 Å². The Balaban J connectivity index is 1.76. The number of nitrogens with one attached hydrogen (secondary N) is 1. The average molecular weight is 280 g/mol. The number of nitrogens with zero attached hydrogens (tertiary/aromatic N) is 2. The molecule has 1 heterocycles. The molecule has 0 unspecified atom stereocenters. The van der Waals surface area contributed by atoms with Gasteiger partial charge in [-0.25, -0.2) is 5.01 Å². The lowest BCUT2D eigenvalue weighted by Gasteiger charge is -2.42. The molecule has 1 aromatic carbocycles. The average Bonchev–Trinajstić information content (AvgIpc) is 2.42. The minimum atomic E-state index is 0.256. The molecule has 1 N–H and O–H groups in total. The van der Waals surface area contributed by atoms with Crippen molar-refractivity contribution in [1.29, 1.82) is 0 Å². The van der Waals surface area contributed by atoms with Crippen LogP contribution in [0.25, 0.3) is 0 Å². The van der Waals surface area contributed by atoms with Crippen LogP contribution in [0.5, 0.6) is 0 Å². The highest BCUT2D eigenvalue weighted by Gasteiger charge is 2.35. The van der Waals surface area contributed by atoms with Crippen molar-refractivity contribution in [2.24, 2.45) is 4.99 Å². The Morgan fingerprint density at radius 3 is 2.79 bits per heavy atom. The largest absolute Gasteiger partial charge is 0.459 e. The van der Waals surface area contributed by atoms with E-state index in [4.69, 9.17) is 16.3 Å². The molecule has 5 heteroatoms. The summed E-state index contributed by atoms with van der Waals surface area (Å²) in [5.41, 5.74) is 4.05. The van der Waals surface area contributed by atoms with E-state index in [1.54, 1.807) is 0 Å². The highest BCUT2D eigenvalue weighted by molar-refractivity contribution is 6.30. The number of hydrogen-bond donors (Lipinski definition) is 1. The second-order valence-electron chi connectivity index (χ2n) is 5.12. The van der Waals surface area contributed by atoms with E-state index in [9.17, 15) is 0 Å². The molecule has 2 aliphatic rings. The quantitative estimate of drug-likeness (QED) is 0.858. The van der Waals surface area contributed by atoms with Crippen LogP contribution in [0.15, 0.2) is 29.3 Å². The number of hydrogen-bond acceptors (Lipinski definition) is 3. The molecule has 1 saturated heterocycles. The first-order valence-electron chi connectivity index (χ1n) is 6.73. The zero-order valence-electron chi connectivity index (χ0n) is 11.0. The Morgan fingerprint density at radius 2 is 2.00 bits per heavy atom. The number of fused-ring (bicyclic) bond motifs is 1. The molecule has 1 aromatic rings. The predicted molar refractivity (Wildman–Crippen MR) is 76.6 cm³/mol. The third-order valence-corrected chi connectivity index (χ3v) is 4.01. The van der Waals surface area contributed by atoms with Crippen molar-refractivity contribution in [2.75, 3.05) is 7.05 Å². The third kappa shape index (κ3) is 2.85. The number of likely N-dealkylation sites (N-methyl/N-ethyl adjacent to an activating group) is 1. The number of halogens is 1. The minimum Gasteiger partial charge on any atom is -0.459 e. The lowest BCUT2D eigenvalue weighted by atomic mass is 9.92. The highest BCUT2D eigenvalue weighted by Crippen LogP contribution is 2.27. The Labute approximate surface area is 118 Å². The number of rotatable bonds is 1. The lowest BCUT2D eigenvalue weighted by Crippen LogP contribution is -2.59. The molecule has 0 bridgehead atoms. The van der Waals surface area contributed by atoms with E-state index < -0.39 is 0 Å². The highest BCUT2D eigenvalue weighted by atomic mass is 35.5. The first-order valence-corrected chi connectivity index (χ1v) is 7.10. The van der Waals surface area contributed by atoms with E-state index in [0.717, 1.165) is 12.1 Å². The summed E-state index contributed by atoms with van der Waals surface area (Å²) < 4.78 is 5.96. The van der Waals surface area contributed by atoms with Crippen LogP contribution in [0.1, 0.15) is 25.7 Å². The van der Waals surface area contributed by atoms with Crippen molar-refractivity contribution in [3.05, 3.63) is 29.3 Å². The van der Waals surface area contributed by atoms with Crippen LogP contribution in [0.4, 0.5) is 5.69 Å². The smallest absolute Gasteiger partial charge is 0.305 e. The summed E-state index contributed by atoms with van der Waals surface area (Å²) in [5, 5.41) is 2.84. The molecule has 1 aliphatic heterocycles. The normalized spacial score (nSPS) is 29.5. The molecular weight excluding hydrogens is 262 g/mol. The summed E-state index contributed by atoms with van der Waals surface area (Å²) >= 11 is 5.87. The van der Waals surface area contributed by atoms with Crippen LogP contribution >= 0.6 is 11.6 Å². The maximum absolute atomic E-state index is 5.96. The van der Waals surface area contributed by atoms with Crippen LogP contribution in [0.2, 0.25) is 5.02 Å². The van der Waals surface area contributed by atoms with Crippen molar-refractivity contribution in [3.63, 3.8) is 0 Å². The Bertz CT molecular complexity index is 474. The van der Waals surface area contributed by atoms with E-state index >= 15 is 0 Å². The summed E-state index contributed by atoms with van der Waals surface area (Å²) in [6.07, 6.45) is 5.06. The third-order valence-electron chi connectivity index (χ3n) is 3.76. The molecule has 4 nitrogen and oxygen atoms in total. The lowest BCUT2D eigenvalue weighted by molar-refractivity contribution is -0.0179. The molecule has 1 aliphatic carbocycles. The summed E-state index contributed by atoms with van der Waals surface area (Å²) in [4.78, 5) is 4.48. The number of aliphatic imine (C=N–C) groups is 1. The van der Waals surface area contributed by atoms with Gasteiger partial charge in [-0.05, 0) is 43.5 Å². The Hall–Kier alpha value is -1.26. The van der Waals surface area contributed by atoms with Crippen molar-refractivity contribution in [3.8, 4) is 0 Å². The van der Waals surface area contributed by atoms with Gasteiger partial charge in [-0.3, -0.25) is 5.43 Å². The van der Waals surface area contributed by atoms with Gasteiger partial charge in [0.05, 0.1) is 11.7 Å². The molecular formula is C14H18ClN3O. The predicted octanol–water partition coefficient (Wildman–Crippen LogP) is 3.11. The molecule has 2 atom stereocenters. The Kier molecular flexibility index (Phi) is 3.62. The van der Waals surface area contributed by atoms with E-state index in [-0.39, 0.29) is 6.10 Å². The molecule has 0 amide bonds. The molecule has 1 saturated carbocycles. The van der Waals surface area contributed by atoms with E-state index in [1.165, 1.54) is 19.3 Å². The molecule has 2 fully saturated rings. The van der Waals surface area contributed by atoms with Gasteiger partial charge in [0.2, 0.25) is 0 Å². The molecule has 0 aromatic heterocycles. The standard InChI is InChI=1S/C14H18ClN3O/c1-18-12-4-2-3-5-13(12)19-14(17-18)16-11-8-6-10(15)7-9-11/h6-9,12-13H,2-5H2,1H3,(H,16,17)/t12-,13+/m0/s1. The fourth-order valence-corrected chi connectivity index (χ4v) is 2.87. The zero-order valence-corrected chi connectivity index (χ0v) is 11.7. The number of hydrazine groups is 1. The number of benzene rings is 1. The number of amidine groups is 1. The van der Waals surface area contributed by atoms with E-state index in [0.29, 0.717) is 17.1 Å². The molecule has 102 valence electrons. The van der Waals surface area contributed by atoms with Gasteiger partial charge in [0.1, 0.15) is 6.10 Å². The van der Waals surface area contributed by atoms with Crippen LogP contribution in [0.3, 0.4) is 0 Å². The molecule has 19 heavy (non-hydrogen) atoms. The van der Waals surface area contributed by atoms with Crippen LogP contribution in [-0.4, -0.2) is 30.2 Å². The monoisotopic (exact) mass is 279 g/mol. The van der Waals surface area contributed by atoms with Crippen molar-refractivity contribution < 1.29 is 4.74 Å². The molecule has 3 rings (SSSR count). The zero-order chi connectivity index (χ0) is 13.2. The van der Waals surface area contributed by atoms with Gasteiger partial charge in [-0.1, -0.05) is 18.0 Å². The van der Waals surface area contributed by atoms with Gasteiger partial charge in [0.25, 0.3) is 0 Å². The van der Waals surface area contributed by atoms with Crippen LogP contribution in [0, 0.1) is 0 Å². The van der Waals surface area contributed by atoms with Crippen molar-refractivity contribution in [2.45, 2.75) is 37.8 Å². The van der Waals surface area contributed by atoms with Gasteiger partial charge >= 0.3 is 6.02 Å². The van der Waals surface area contributed by atoms with Gasteiger partial charge in [-0.15, -0.1) is 0 Å². The fraction of sp³-hybridized carbons (Fsp3) is 0.500. The van der Waals surface area contributed by atoms with Gasteiger partial charge in [-0.2, -0.15) is 4.99 Å². The molecule has 0 spiro atoms. The number of ether oxygens (including phenoxy) is 1. The SMILES string of the molecule is CN1NC(=Nc2ccc(Cl)cc2)O[C@@H]2CCCC[C@@H]21. The van der Waals surface area contributed by atoms with Gasteiger partial charge < -0.3 is 4.74 Å². The first-order chi connectivity index (χ1) is 9.22. The summed E-state index contributed by atoms with van der Waals surface area (Å²) in [7, 11) is 2.06. The second-order valence-corrected chi connectivity index (χ2v) is 5.56. The van der Waals surface area contributed by atoms with Gasteiger partial charge in [0, 0.05) is 12.1 Å². The maximum atomic E-state index is 5.96. The summed E-state index contributed by atoms with van der Waals surface area (Å²) in [6.45, 7) is 0. The summed E-state index contributed by atoms with van der Waals surface area (Å²) in [5.74, 6) is 0. The minimum absolute atomic E-state index is 0.256. The topological polar surface area (TPSA) is 36.9 Å². The molecule has 0 radical (unpaired) electrons. The fourth-order valence-electron chi connectivity index (χ4n) is 2.75. The van der Waals surface area contributed by atoms with Gasteiger partial charge in [0.15, 0.2) is 0 Å². The Morgan fingerprint density at radius 1 is 1.26 bits per heavy atom. The second kappa shape index (κ2) is 5.39. The first kappa shape index (κ1) is 12.8. The van der Waals surface area contributed by atoms with E-state index in [2.05, 4.69) is 22.5 Å².